The largest absolute Gasteiger partial charge is 0.381 e. The molecule has 0 unspecified atom stereocenters. The van der Waals surface area contributed by atoms with Crippen LogP contribution in [-0.2, 0) is 23.1 Å². The van der Waals surface area contributed by atoms with Crippen LogP contribution in [0.5, 0.6) is 0 Å². The van der Waals surface area contributed by atoms with Crippen molar-refractivity contribution >= 4 is 27.2 Å². The summed E-state index contributed by atoms with van der Waals surface area (Å²) >= 11 is 0.978. The van der Waals surface area contributed by atoms with Crippen molar-refractivity contribution in [1.82, 2.24) is 19.5 Å². The van der Waals surface area contributed by atoms with Gasteiger partial charge >= 0.3 is 4.87 Å². The molecule has 110 valence electrons. The number of aromatic amines is 1. The lowest BCUT2D eigenvalue weighted by Crippen LogP contribution is -2.24. The van der Waals surface area contributed by atoms with E-state index >= 15 is 0 Å². The molecule has 4 N–H and O–H groups in total. The molecule has 2 heterocycles. The van der Waals surface area contributed by atoms with Gasteiger partial charge in [0.15, 0.2) is 5.82 Å². The Morgan fingerprint density at radius 1 is 1.55 bits per heavy atom. The van der Waals surface area contributed by atoms with Gasteiger partial charge in [0.2, 0.25) is 10.0 Å². The van der Waals surface area contributed by atoms with E-state index in [9.17, 15) is 13.2 Å². The van der Waals surface area contributed by atoms with Gasteiger partial charge in [-0.1, -0.05) is 18.3 Å². The average Bonchev–Trinajstić information content (AvgIpc) is 2.94. The molecule has 20 heavy (non-hydrogen) atoms. The highest BCUT2D eigenvalue weighted by molar-refractivity contribution is 7.89. The molecule has 2 aromatic rings. The fourth-order valence-electron chi connectivity index (χ4n) is 1.62. The molecular weight excluding hydrogens is 302 g/mol. The van der Waals surface area contributed by atoms with Gasteiger partial charge in [-0.3, -0.25) is 9.48 Å². The van der Waals surface area contributed by atoms with Crippen LogP contribution in [0.3, 0.4) is 0 Å². The smallest absolute Gasteiger partial charge is 0.304 e. The highest BCUT2D eigenvalue weighted by Crippen LogP contribution is 2.16. The van der Waals surface area contributed by atoms with Gasteiger partial charge in [-0.25, -0.2) is 13.1 Å². The molecule has 10 heteroatoms. The summed E-state index contributed by atoms with van der Waals surface area (Å²) in [7, 11) is -3.75. The molecule has 2 rings (SSSR count). The molecule has 2 aromatic heterocycles. The number of aromatic nitrogens is 3. The third-order valence-corrected chi connectivity index (χ3v) is 4.66. The van der Waals surface area contributed by atoms with Gasteiger partial charge in [0.05, 0.1) is 6.54 Å². The van der Waals surface area contributed by atoms with Crippen molar-refractivity contribution in [3.05, 3.63) is 26.9 Å². The Morgan fingerprint density at radius 2 is 2.30 bits per heavy atom. The molecule has 0 aliphatic rings. The van der Waals surface area contributed by atoms with E-state index in [1.807, 2.05) is 6.92 Å². The van der Waals surface area contributed by atoms with Crippen LogP contribution in [0, 0.1) is 0 Å². The number of anilines is 1. The Labute approximate surface area is 119 Å². The second-order valence-corrected chi connectivity index (χ2v) is 6.72. The van der Waals surface area contributed by atoms with Gasteiger partial charge in [0.25, 0.3) is 0 Å². The SMILES string of the molecule is CCCn1cc(S(=O)(=O)NCc2csc(=O)[nH]2)c(N)n1. The van der Waals surface area contributed by atoms with Crippen LogP contribution < -0.4 is 15.3 Å². The molecule has 0 bridgehead atoms. The summed E-state index contributed by atoms with van der Waals surface area (Å²) in [5, 5.41) is 5.51. The maximum atomic E-state index is 12.1. The quantitative estimate of drug-likeness (QED) is 0.697. The average molecular weight is 317 g/mol. The predicted molar refractivity (Wildman–Crippen MR) is 75.9 cm³/mol. The molecule has 0 spiro atoms. The Balaban J connectivity index is 2.15. The first-order valence-corrected chi connectivity index (χ1v) is 8.28. The minimum atomic E-state index is -3.75. The number of nitrogens with one attached hydrogen (secondary N) is 2. The Bertz CT molecular complexity index is 743. The van der Waals surface area contributed by atoms with E-state index in [2.05, 4.69) is 14.8 Å². The lowest BCUT2D eigenvalue weighted by Gasteiger charge is -2.03. The van der Waals surface area contributed by atoms with Crippen molar-refractivity contribution in [2.75, 3.05) is 5.73 Å². The second-order valence-electron chi connectivity index (χ2n) is 4.14. The number of nitrogens with two attached hydrogens (primary N) is 1. The molecule has 0 saturated carbocycles. The van der Waals surface area contributed by atoms with Crippen LogP contribution in [0.2, 0.25) is 0 Å². The van der Waals surface area contributed by atoms with E-state index in [0.29, 0.717) is 12.2 Å². The van der Waals surface area contributed by atoms with E-state index < -0.39 is 10.0 Å². The zero-order valence-electron chi connectivity index (χ0n) is 10.8. The van der Waals surface area contributed by atoms with Crippen molar-refractivity contribution in [3.8, 4) is 0 Å². The van der Waals surface area contributed by atoms with Gasteiger partial charge in [0.1, 0.15) is 4.90 Å². The van der Waals surface area contributed by atoms with E-state index in [-0.39, 0.29) is 22.1 Å². The third kappa shape index (κ3) is 3.26. The molecule has 0 fully saturated rings. The maximum Gasteiger partial charge on any atom is 0.304 e. The van der Waals surface area contributed by atoms with Crippen molar-refractivity contribution in [2.24, 2.45) is 0 Å². The monoisotopic (exact) mass is 317 g/mol. The van der Waals surface area contributed by atoms with E-state index in [1.54, 1.807) is 5.38 Å². The van der Waals surface area contributed by atoms with Crippen LogP contribution in [0.1, 0.15) is 19.0 Å². The van der Waals surface area contributed by atoms with E-state index in [4.69, 9.17) is 5.73 Å². The molecule has 0 saturated heterocycles. The first-order valence-electron chi connectivity index (χ1n) is 5.91. The molecular formula is C10H15N5O3S2. The summed E-state index contributed by atoms with van der Waals surface area (Å²) < 4.78 is 28.1. The highest BCUT2D eigenvalue weighted by atomic mass is 32.2. The number of H-pyrrole nitrogens is 1. The lowest BCUT2D eigenvalue weighted by atomic mass is 10.5. The van der Waals surface area contributed by atoms with Crippen molar-refractivity contribution in [1.29, 1.82) is 0 Å². The molecule has 8 nitrogen and oxygen atoms in total. The number of thiazole rings is 1. The number of rotatable bonds is 6. The van der Waals surface area contributed by atoms with Gasteiger partial charge in [-0.05, 0) is 6.42 Å². The van der Waals surface area contributed by atoms with E-state index in [1.165, 1.54) is 10.9 Å². The summed E-state index contributed by atoms with van der Waals surface area (Å²) in [6.45, 7) is 2.55. The number of nitrogen functional groups attached to an aromatic ring is 1. The molecule has 0 amide bonds. The standard InChI is InChI=1S/C10H15N5O3S2/c1-2-3-15-5-8(9(11)14-15)20(17,18)12-4-7-6-19-10(16)13-7/h5-6,12H,2-4H2,1H3,(H2,11,14)(H,13,16). The van der Waals surface area contributed by atoms with E-state index in [0.717, 1.165) is 17.8 Å². The van der Waals surface area contributed by atoms with Crippen molar-refractivity contribution < 1.29 is 8.42 Å². The maximum absolute atomic E-state index is 12.1. The van der Waals surface area contributed by atoms with Crippen LogP contribution >= 0.6 is 11.3 Å². The predicted octanol–water partition coefficient (Wildman–Crippen LogP) is 0.104. The lowest BCUT2D eigenvalue weighted by molar-refractivity contribution is 0.578. The number of aryl methyl sites for hydroxylation is 1. The minimum Gasteiger partial charge on any atom is -0.381 e. The second kappa shape index (κ2) is 5.77. The van der Waals surface area contributed by atoms with Gasteiger partial charge < -0.3 is 10.7 Å². The first kappa shape index (κ1) is 14.8. The Morgan fingerprint density at radius 3 is 2.90 bits per heavy atom. The van der Waals surface area contributed by atoms with Crippen molar-refractivity contribution in [2.45, 2.75) is 31.3 Å². The first-order chi connectivity index (χ1) is 9.42. The summed E-state index contributed by atoms with van der Waals surface area (Å²) in [6.07, 6.45) is 2.22. The number of nitrogens with zero attached hydrogens (tertiary/aromatic N) is 2. The molecule has 0 aromatic carbocycles. The zero-order valence-corrected chi connectivity index (χ0v) is 12.4. The number of hydrogen-bond donors (Lipinski definition) is 3. The van der Waals surface area contributed by atoms with Crippen LogP contribution in [-0.4, -0.2) is 23.2 Å². The van der Waals surface area contributed by atoms with Crippen LogP contribution in [0.25, 0.3) is 0 Å². The highest BCUT2D eigenvalue weighted by Gasteiger charge is 2.21. The summed E-state index contributed by atoms with van der Waals surface area (Å²) in [5.41, 5.74) is 6.13. The normalized spacial score (nSPS) is 11.8. The fraction of sp³-hybridized carbons (Fsp3) is 0.400. The number of hydrogen-bond acceptors (Lipinski definition) is 6. The van der Waals surface area contributed by atoms with Gasteiger partial charge in [-0.15, -0.1) is 0 Å². The van der Waals surface area contributed by atoms with Gasteiger partial charge in [-0.2, -0.15) is 5.10 Å². The van der Waals surface area contributed by atoms with Crippen LogP contribution in [0.15, 0.2) is 21.3 Å². The zero-order chi connectivity index (χ0) is 14.8. The van der Waals surface area contributed by atoms with Crippen molar-refractivity contribution in [3.63, 3.8) is 0 Å². The Hall–Kier alpha value is -1.65. The van der Waals surface area contributed by atoms with Gasteiger partial charge in [0, 0.05) is 23.8 Å². The third-order valence-electron chi connectivity index (χ3n) is 2.52. The summed E-state index contributed by atoms with van der Waals surface area (Å²) in [6, 6.07) is 0. The fourth-order valence-corrected chi connectivity index (χ4v) is 3.28. The topological polar surface area (TPSA) is 123 Å². The molecule has 0 atom stereocenters. The summed E-state index contributed by atoms with van der Waals surface area (Å²) in [4.78, 5) is 13.2. The molecule has 0 aliphatic carbocycles. The van der Waals surface area contributed by atoms with Crippen LogP contribution in [0.4, 0.5) is 5.82 Å². The Kier molecular flexibility index (Phi) is 4.26. The summed E-state index contributed by atoms with van der Waals surface area (Å²) in [5.74, 6) is -0.0373. The minimum absolute atomic E-state index is 0.000525. The number of sulfonamides is 1. The molecule has 0 aliphatic heterocycles. The molecule has 0 radical (unpaired) electrons.